The fraction of sp³-hybridized carbons (Fsp3) is 0.400. The normalized spacial score (nSPS) is 12.4. The first kappa shape index (κ1) is 16.7. The minimum atomic E-state index is -1.11. The Morgan fingerprint density at radius 2 is 1.76 bits per heavy atom. The van der Waals surface area contributed by atoms with Crippen LogP contribution in [0.2, 0.25) is 0 Å². The maximum absolute atomic E-state index is 12.2. The van der Waals surface area contributed by atoms with Crippen molar-refractivity contribution in [3.8, 4) is 0 Å². The van der Waals surface area contributed by atoms with E-state index in [0.717, 1.165) is 0 Å². The summed E-state index contributed by atoms with van der Waals surface area (Å²) in [6.45, 7) is 6.67. The number of carbonyl (C=O) groups is 3. The maximum Gasteiger partial charge on any atom is 0.408 e. The standard InChI is InChI=1S/C15H19NO5/c1-9(16-14(20)21-15(2,3)4)12(17)10-6-5-7-11(8-10)13(18)19/h5-9H,1-4H3,(H,16,20)(H,18,19). The van der Waals surface area contributed by atoms with Crippen LogP contribution in [-0.2, 0) is 4.74 Å². The van der Waals surface area contributed by atoms with Crippen molar-refractivity contribution in [2.75, 3.05) is 0 Å². The van der Waals surface area contributed by atoms with Crippen LogP contribution in [0.3, 0.4) is 0 Å². The Hall–Kier alpha value is -2.37. The molecule has 6 nitrogen and oxygen atoms in total. The van der Waals surface area contributed by atoms with Gasteiger partial charge in [-0.3, -0.25) is 4.79 Å². The van der Waals surface area contributed by atoms with Crippen LogP contribution in [0.25, 0.3) is 0 Å². The molecule has 0 radical (unpaired) electrons. The van der Waals surface area contributed by atoms with Crippen molar-refractivity contribution >= 4 is 17.8 Å². The zero-order valence-electron chi connectivity index (χ0n) is 12.5. The van der Waals surface area contributed by atoms with Gasteiger partial charge < -0.3 is 15.2 Å². The highest BCUT2D eigenvalue weighted by atomic mass is 16.6. The predicted octanol–water partition coefficient (Wildman–Crippen LogP) is 2.48. The molecule has 1 aromatic rings. The third kappa shape index (κ3) is 5.25. The fourth-order valence-corrected chi connectivity index (χ4v) is 1.61. The SMILES string of the molecule is CC(NC(=O)OC(C)(C)C)C(=O)c1cccc(C(=O)O)c1. The van der Waals surface area contributed by atoms with E-state index in [1.54, 1.807) is 20.8 Å². The molecule has 0 aliphatic rings. The number of aromatic carboxylic acids is 1. The zero-order valence-corrected chi connectivity index (χ0v) is 12.5. The minimum Gasteiger partial charge on any atom is -0.478 e. The van der Waals surface area contributed by atoms with Gasteiger partial charge in [0.1, 0.15) is 5.60 Å². The molecule has 1 atom stereocenters. The molecular formula is C15H19NO5. The second kappa shape index (κ2) is 6.39. The van der Waals surface area contributed by atoms with Gasteiger partial charge in [0, 0.05) is 5.56 Å². The fourth-order valence-electron chi connectivity index (χ4n) is 1.61. The molecule has 0 bridgehead atoms. The highest BCUT2D eigenvalue weighted by molar-refractivity contribution is 6.02. The number of benzene rings is 1. The number of ketones is 1. The van der Waals surface area contributed by atoms with Crippen molar-refractivity contribution in [3.05, 3.63) is 35.4 Å². The van der Waals surface area contributed by atoms with Gasteiger partial charge in [-0.15, -0.1) is 0 Å². The quantitative estimate of drug-likeness (QED) is 0.832. The summed E-state index contributed by atoms with van der Waals surface area (Å²) < 4.78 is 5.06. The molecule has 0 aliphatic carbocycles. The number of carboxylic acid groups (broad SMARTS) is 1. The molecule has 114 valence electrons. The molecule has 0 saturated heterocycles. The van der Waals surface area contributed by atoms with E-state index in [0.29, 0.717) is 0 Å². The largest absolute Gasteiger partial charge is 0.478 e. The van der Waals surface area contributed by atoms with Gasteiger partial charge in [0.2, 0.25) is 0 Å². The molecule has 0 saturated carbocycles. The van der Waals surface area contributed by atoms with Gasteiger partial charge in [-0.2, -0.15) is 0 Å². The molecule has 0 fully saturated rings. The van der Waals surface area contributed by atoms with Gasteiger partial charge in [0.05, 0.1) is 11.6 Å². The lowest BCUT2D eigenvalue weighted by atomic mass is 10.0. The average Bonchev–Trinajstić information content (AvgIpc) is 2.35. The van der Waals surface area contributed by atoms with Gasteiger partial charge in [-0.25, -0.2) is 9.59 Å². The third-order valence-corrected chi connectivity index (χ3v) is 2.52. The minimum absolute atomic E-state index is 0.0188. The topological polar surface area (TPSA) is 92.7 Å². The third-order valence-electron chi connectivity index (χ3n) is 2.52. The molecule has 1 amide bonds. The van der Waals surface area contributed by atoms with Crippen molar-refractivity contribution < 1.29 is 24.2 Å². The van der Waals surface area contributed by atoms with E-state index in [4.69, 9.17) is 9.84 Å². The molecule has 6 heteroatoms. The van der Waals surface area contributed by atoms with Crippen molar-refractivity contribution in [1.82, 2.24) is 5.32 Å². The maximum atomic E-state index is 12.2. The van der Waals surface area contributed by atoms with Crippen LogP contribution >= 0.6 is 0 Å². The molecule has 1 rings (SSSR count). The number of hydrogen-bond acceptors (Lipinski definition) is 4. The number of carboxylic acids is 1. The number of rotatable bonds is 4. The number of Topliss-reactive ketones (excluding diaryl/α,β-unsaturated/α-hetero) is 1. The zero-order chi connectivity index (χ0) is 16.2. The Balaban J connectivity index is 2.77. The molecule has 2 N–H and O–H groups in total. The summed E-state index contributed by atoms with van der Waals surface area (Å²) in [4.78, 5) is 34.6. The molecule has 0 aromatic heterocycles. The predicted molar refractivity (Wildman–Crippen MR) is 76.6 cm³/mol. The molecule has 0 spiro atoms. The van der Waals surface area contributed by atoms with E-state index in [-0.39, 0.29) is 16.9 Å². The van der Waals surface area contributed by atoms with Crippen molar-refractivity contribution in [2.45, 2.75) is 39.3 Å². The summed E-state index contributed by atoms with van der Waals surface area (Å²) in [6.07, 6.45) is -0.697. The van der Waals surface area contributed by atoms with Gasteiger partial charge in [-0.05, 0) is 39.8 Å². The number of nitrogens with one attached hydrogen (secondary N) is 1. The van der Waals surface area contributed by atoms with Crippen LogP contribution in [0.5, 0.6) is 0 Å². The van der Waals surface area contributed by atoms with Crippen molar-refractivity contribution in [1.29, 1.82) is 0 Å². The van der Waals surface area contributed by atoms with E-state index in [1.807, 2.05) is 0 Å². The number of alkyl carbamates (subject to hydrolysis) is 1. The lowest BCUT2D eigenvalue weighted by Crippen LogP contribution is -2.41. The first-order valence-corrected chi connectivity index (χ1v) is 6.47. The molecule has 1 unspecified atom stereocenters. The van der Waals surface area contributed by atoms with Crippen LogP contribution in [0, 0.1) is 0 Å². The van der Waals surface area contributed by atoms with Gasteiger partial charge >= 0.3 is 12.1 Å². The summed E-state index contributed by atoms with van der Waals surface area (Å²) >= 11 is 0. The van der Waals surface area contributed by atoms with Crippen LogP contribution in [-0.4, -0.2) is 34.6 Å². The second-order valence-corrected chi connectivity index (χ2v) is 5.62. The number of carbonyl (C=O) groups excluding carboxylic acids is 2. The lowest BCUT2D eigenvalue weighted by molar-refractivity contribution is 0.0496. The Bertz CT molecular complexity index is 559. The van der Waals surface area contributed by atoms with Crippen molar-refractivity contribution in [2.24, 2.45) is 0 Å². The summed E-state index contributed by atoms with van der Waals surface area (Å²) in [5.74, 6) is -1.50. The number of amides is 1. The van der Waals surface area contributed by atoms with E-state index >= 15 is 0 Å². The van der Waals surface area contributed by atoms with E-state index < -0.39 is 23.7 Å². The number of hydrogen-bond donors (Lipinski definition) is 2. The highest BCUT2D eigenvalue weighted by Crippen LogP contribution is 2.10. The van der Waals surface area contributed by atoms with Crippen molar-refractivity contribution in [3.63, 3.8) is 0 Å². The molecule has 0 heterocycles. The highest BCUT2D eigenvalue weighted by Gasteiger charge is 2.22. The average molecular weight is 293 g/mol. The van der Waals surface area contributed by atoms with Crippen LogP contribution in [0.15, 0.2) is 24.3 Å². The summed E-state index contributed by atoms with van der Waals surface area (Å²) in [6, 6.07) is 4.84. The van der Waals surface area contributed by atoms with Crippen LogP contribution in [0.1, 0.15) is 48.4 Å². The molecule has 0 aliphatic heterocycles. The molecular weight excluding hydrogens is 274 g/mol. The van der Waals surface area contributed by atoms with E-state index in [9.17, 15) is 14.4 Å². The van der Waals surface area contributed by atoms with E-state index in [2.05, 4.69) is 5.32 Å². The van der Waals surface area contributed by atoms with Gasteiger partial charge in [-0.1, -0.05) is 12.1 Å². The van der Waals surface area contributed by atoms with E-state index in [1.165, 1.54) is 31.2 Å². The smallest absolute Gasteiger partial charge is 0.408 e. The summed E-state index contributed by atoms with van der Waals surface area (Å²) in [7, 11) is 0. The van der Waals surface area contributed by atoms with Crippen LogP contribution in [0.4, 0.5) is 4.79 Å². The Morgan fingerprint density at radius 1 is 1.19 bits per heavy atom. The van der Waals surface area contributed by atoms with Gasteiger partial charge in [0.15, 0.2) is 5.78 Å². The summed E-state index contributed by atoms with van der Waals surface area (Å²) in [5, 5.41) is 11.3. The Kier molecular flexibility index (Phi) is 5.07. The van der Waals surface area contributed by atoms with Gasteiger partial charge in [0.25, 0.3) is 0 Å². The molecule has 21 heavy (non-hydrogen) atoms. The Morgan fingerprint density at radius 3 is 2.29 bits per heavy atom. The Labute approximate surface area is 123 Å². The first-order valence-electron chi connectivity index (χ1n) is 6.47. The molecule has 1 aromatic carbocycles. The van der Waals surface area contributed by atoms with Crippen LogP contribution < -0.4 is 5.32 Å². The monoisotopic (exact) mass is 293 g/mol. The summed E-state index contributed by atoms with van der Waals surface area (Å²) in [5.41, 5.74) is -0.417. The second-order valence-electron chi connectivity index (χ2n) is 5.62. The lowest BCUT2D eigenvalue weighted by Gasteiger charge is -2.21. The number of ether oxygens (including phenoxy) is 1. The first-order chi connectivity index (χ1) is 9.60.